The van der Waals surface area contributed by atoms with Crippen LogP contribution in [-0.4, -0.2) is 43.8 Å². The molecule has 0 aromatic heterocycles. The van der Waals surface area contributed by atoms with Gasteiger partial charge in [-0.25, -0.2) is 4.39 Å². The van der Waals surface area contributed by atoms with Gasteiger partial charge in [0.1, 0.15) is 5.82 Å². The first-order valence-electron chi connectivity index (χ1n) is 8.40. The van der Waals surface area contributed by atoms with Crippen molar-refractivity contribution in [2.45, 2.75) is 6.42 Å². The number of carbonyl (C=O) groups excluding carboxylic acids is 1. The van der Waals surface area contributed by atoms with Crippen molar-refractivity contribution in [3.05, 3.63) is 53.8 Å². The Morgan fingerprint density at radius 2 is 1.72 bits per heavy atom. The van der Waals surface area contributed by atoms with Crippen LogP contribution in [-0.2, 0) is 0 Å². The zero-order valence-corrected chi connectivity index (χ0v) is 13.8. The summed E-state index contributed by atoms with van der Waals surface area (Å²) in [6, 6.07) is 11.8. The lowest BCUT2D eigenvalue weighted by molar-refractivity contribution is 0.0766. The highest BCUT2D eigenvalue weighted by Crippen LogP contribution is 2.33. The zero-order valence-electron chi connectivity index (χ0n) is 13.8. The molecule has 2 heterocycles. The van der Waals surface area contributed by atoms with E-state index in [0.717, 1.165) is 25.2 Å². The number of rotatable bonds is 2. The standard InChI is InChI=1S/C19H19FN2O3/c20-15-3-5-16(6-4-15)21-8-1-9-22(11-10-21)19(23)14-2-7-17-18(12-14)25-13-24-17/h2-7,12H,1,8-11,13H2. The summed E-state index contributed by atoms with van der Waals surface area (Å²) in [5, 5.41) is 0. The summed E-state index contributed by atoms with van der Waals surface area (Å²) < 4.78 is 23.7. The fourth-order valence-corrected chi connectivity index (χ4v) is 3.24. The van der Waals surface area contributed by atoms with E-state index in [2.05, 4.69) is 4.90 Å². The molecule has 0 saturated carbocycles. The molecule has 130 valence electrons. The molecule has 0 atom stereocenters. The minimum Gasteiger partial charge on any atom is -0.454 e. The molecule has 0 bridgehead atoms. The molecule has 0 aliphatic carbocycles. The molecule has 6 heteroatoms. The van der Waals surface area contributed by atoms with Gasteiger partial charge >= 0.3 is 0 Å². The molecule has 0 spiro atoms. The summed E-state index contributed by atoms with van der Waals surface area (Å²) >= 11 is 0. The van der Waals surface area contributed by atoms with E-state index in [-0.39, 0.29) is 18.5 Å². The second kappa shape index (κ2) is 6.63. The fraction of sp³-hybridized carbons (Fsp3) is 0.316. The minimum absolute atomic E-state index is 0.000689. The Morgan fingerprint density at radius 3 is 2.56 bits per heavy atom. The molecule has 2 aliphatic heterocycles. The van der Waals surface area contributed by atoms with Crippen LogP contribution in [0.5, 0.6) is 11.5 Å². The van der Waals surface area contributed by atoms with Gasteiger partial charge in [-0.05, 0) is 48.9 Å². The lowest BCUT2D eigenvalue weighted by Gasteiger charge is -2.23. The summed E-state index contributed by atoms with van der Waals surface area (Å²) in [5.41, 5.74) is 1.60. The average molecular weight is 342 g/mol. The number of anilines is 1. The maximum absolute atomic E-state index is 13.1. The fourth-order valence-electron chi connectivity index (χ4n) is 3.24. The van der Waals surface area contributed by atoms with Gasteiger partial charge in [0.25, 0.3) is 5.91 Å². The molecule has 2 aromatic carbocycles. The van der Waals surface area contributed by atoms with Crippen molar-refractivity contribution in [1.29, 1.82) is 0 Å². The Kier molecular flexibility index (Phi) is 4.17. The van der Waals surface area contributed by atoms with Crippen molar-refractivity contribution < 1.29 is 18.7 Å². The lowest BCUT2D eigenvalue weighted by atomic mass is 10.1. The lowest BCUT2D eigenvalue weighted by Crippen LogP contribution is -2.35. The third-order valence-electron chi connectivity index (χ3n) is 4.59. The van der Waals surface area contributed by atoms with Gasteiger partial charge in [0, 0.05) is 37.4 Å². The molecular formula is C19H19FN2O3. The van der Waals surface area contributed by atoms with Crippen LogP contribution >= 0.6 is 0 Å². The highest BCUT2D eigenvalue weighted by molar-refractivity contribution is 5.95. The normalized spacial score (nSPS) is 16.7. The van der Waals surface area contributed by atoms with Crippen molar-refractivity contribution in [2.24, 2.45) is 0 Å². The number of ether oxygens (including phenoxy) is 2. The third kappa shape index (κ3) is 3.24. The summed E-state index contributed by atoms with van der Waals surface area (Å²) in [7, 11) is 0. The number of halogens is 1. The van der Waals surface area contributed by atoms with E-state index in [4.69, 9.17) is 9.47 Å². The molecule has 1 amide bonds. The Labute approximate surface area is 145 Å². The molecule has 1 saturated heterocycles. The van der Waals surface area contributed by atoms with E-state index in [1.54, 1.807) is 30.3 Å². The van der Waals surface area contributed by atoms with Crippen LogP contribution in [0.25, 0.3) is 0 Å². The number of hydrogen-bond acceptors (Lipinski definition) is 4. The summed E-state index contributed by atoms with van der Waals surface area (Å²) in [4.78, 5) is 16.9. The van der Waals surface area contributed by atoms with Crippen LogP contribution in [0.4, 0.5) is 10.1 Å². The maximum atomic E-state index is 13.1. The van der Waals surface area contributed by atoms with Crippen molar-refractivity contribution in [2.75, 3.05) is 37.9 Å². The van der Waals surface area contributed by atoms with Crippen molar-refractivity contribution in [1.82, 2.24) is 4.90 Å². The van der Waals surface area contributed by atoms with Gasteiger partial charge in [0.05, 0.1) is 0 Å². The quantitative estimate of drug-likeness (QED) is 0.842. The first-order valence-corrected chi connectivity index (χ1v) is 8.40. The predicted octanol–water partition coefficient (Wildman–Crippen LogP) is 2.91. The van der Waals surface area contributed by atoms with Gasteiger partial charge in [-0.15, -0.1) is 0 Å². The highest BCUT2D eigenvalue weighted by atomic mass is 19.1. The van der Waals surface area contributed by atoms with Crippen LogP contribution in [0.2, 0.25) is 0 Å². The number of benzene rings is 2. The molecule has 0 unspecified atom stereocenters. The Hall–Kier alpha value is -2.76. The molecule has 0 N–H and O–H groups in total. The average Bonchev–Trinajstić information content (AvgIpc) is 2.97. The van der Waals surface area contributed by atoms with Gasteiger partial charge in [-0.2, -0.15) is 0 Å². The summed E-state index contributed by atoms with van der Waals surface area (Å²) in [5.74, 6) is 1.06. The molecule has 4 rings (SSSR count). The molecule has 2 aromatic rings. The van der Waals surface area contributed by atoms with Gasteiger partial charge in [-0.3, -0.25) is 4.79 Å². The molecule has 2 aliphatic rings. The van der Waals surface area contributed by atoms with Gasteiger partial charge in [0.15, 0.2) is 11.5 Å². The largest absolute Gasteiger partial charge is 0.454 e. The highest BCUT2D eigenvalue weighted by Gasteiger charge is 2.23. The van der Waals surface area contributed by atoms with E-state index in [0.29, 0.717) is 30.2 Å². The van der Waals surface area contributed by atoms with Gasteiger partial charge < -0.3 is 19.3 Å². The number of hydrogen-bond donors (Lipinski definition) is 0. The third-order valence-corrected chi connectivity index (χ3v) is 4.59. The second-order valence-electron chi connectivity index (χ2n) is 6.18. The van der Waals surface area contributed by atoms with E-state index in [9.17, 15) is 9.18 Å². The number of carbonyl (C=O) groups is 1. The Bertz CT molecular complexity index is 779. The van der Waals surface area contributed by atoms with E-state index >= 15 is 0 Å². The van der Waals surface area contributed by atoms with Crippen molar-refractivity contribution in [3.63, 3.8) is 0 Å². The molecule has 5 nitrogen and oxygen atoms in total. The Morgan fingerprint density at radius 1 is 0.920 bits per heavy atom. The summed E-state index contributed by atoms with van der Waals surface area (Å²) in [6.45, 7) is 3.09. The van der Waals surface area contributed by atoms with Crippen molar-refractivity contribution in [3.8, 4) is 11.5 Å². The van der Waals surface area contributed by atoms with Crippen LogP contribution in [0.1, 0.15) is 16.8 Å². The smallest absolute Gasteiger partial charge is 0.254 e. The van der Waals surface area contributed by atoms with Gasteiger partial charge in [0.2, 0.25) is 6.79 Å². The second-order valence-corrected chi connectivity index (χ2v) is 6.18. The monoisotopic (exact) mass is 342 g/mol. The van der Waals surface area contributed by atoms with Crippen molar-refractivity contribution >= 4 is 11.6 Å². The first kappa shape index (κ1) is 15.7. The number of amides is 1. The molecular weight excluding hydrogens is 323 g/mol. The number of fused-ring (bicyclic) bond motifs is 1. The SMILES string of the molecule is O=C(c1ccc2c(c1)OCO2)N1CCCN(c2ccc(F)cc2)CC1. The Balaban J connectivity index is 1.45. The maximum Gasteiger partial charge on any atom is 0.254 e. The van der Waals surface area contributed by atoms with E-state index < -0.39 is 0 Å². The molecule has 25 heavy (non-hydrogen) atoms. The minimum atomic E-state index is -0.238. The summed E-state index contributed by atoms with van der Waals surface area (Å²) in [6.07, 6.45) is 0.869. The van der Waals surface area contributed by atoms with Crippen LogP contribution in [0.15, 0.2) is 42.5 Å². The number of nitrogens with zero attached hydrogens (tertiary/aromatic N) is 2. The van der Waals surface area contributed by atoms with Gasteiger partial charge in [-0.1, -0.05) is 0 Å². The van der Waals surface area contributed by atoms with E-state index in [1.807, 2.05) is 4.90 Å². The predicted molar refractivity (Wildman–Crippen MR) is 91.7 cm³/mol. The van der Waals surface area contributed by atoms with Crippen LogP contribution < -0.4 is 14.4 Å². The van der Waals surface area contributed by atoms with E-state index in [1.165, 1.54) is 12.1 Å². The van der Waals surface area contributed by atoms with Crippen LogP contribution in [0, 0.1) is 5.82 Å². The molecule has 0 radical (unpaired) electrons. The van der Waals surface area contributed by atoms with Crippen LogP contribution in [0.3, 0.4) is 0 Å². The topological polar surface area (TPSA) is 42.0 Å². The first-order chi connectivity index (χ1) is 12.2. The zero-order chi connectivity index (χ0) is 17.2. The molecule has 1 fully saturated rings.